The first-order valence-electron chi connectivity index (χ1n) is 6.87. The largest absolute Gasteiger partial charge is 0.366 e. The third-order valence-electron chi connectivity index (χ3n) is 3.36. The normalized spacial score (nSPS) is 13.5. The van der Waals surface area contributed by atoms with Gasteiger partial charge in [0.25, 0.3) is 0 Å². The lowest BCUT2D eigenvalue weighted by molar-refractivity contribution is 0.920. The van der Waals surface area contributed by atoms with Crippen LogP contribution in [0.2, 0.25) is 0 Å². The van der Waals surface area contributed by atoms with Gasteiger partial charge in [-0.1, -0.05) is 12.1 Å². The zero-order chi connectivity index (χ0) is 14.7. The summed E-state index contributed by atoms with van der Waals surface area (Å²) in [5.41, 5.74) is 4.26. The molecule has 1 saturated carbocycles. The summed E-state index contributed by atoms with van der Waals surface area (Å²) < 4.78 is 0. The first-order valence-corrected chi connectivity index (χ1v) is 6.87. The van der Waals surface area contributed by atoms with E-state index < -0.39 is 0 Å². The van der Waals surface area contributed by atoms with Crippen molar-refractivity contribution >= 4 is 11.6 Å². The van der Waals surface area contributed by atoms with E-state index in [0.29, 0.717) is 23.8 Å². The van der Waals surface area contributed by atoms with E-state index in [1.165, 1.54) is 0 Å². The maximum Gasteiger partial charge on any atom is 0.145 e. The van der Waals surface area contributed by atoms with E-state index in [1.54, 1.807) is 12.1 Å². The number of benzene rings is 1. The SMILES string of the molecule is N#Cc1cccc(CNc2cc(NN)nc(C3CC3)n2)c1. The quantitative estimate of drug-likeness (QED) is 0.573. The minimum absolute atomic E-state index is 0.459. The molecule has 1 fully saturated rings. The molecule has 0 spiro atoms. The van der Waals surface area contributed by atoms with Crippen molar-refractivity contribution in [2.45, 2.75) is 25.3 Å². The van der Waals surface area contributed by atoms with E-state index >= 15 is 0 Å². The number of nitriles is 1. The number of nitrogens with one attached hydrogen (secondary N) is 2. The van der Waals surface area contributed by atoms with Crippen molar-refractivity contribution in [1.29, 1.82) is 5.26 Å². The topological polar surface area (TPSA) is 99.7 Å². The van der Waals surface area contributed by atoms with Crippen LogP contribution >= 0.6 is 0 Å². The highest BCUT2D eigenvalue weighted by atomic mass is 15.3. The summed E-state index contributed by atoms with van der Waals surface area (Å²) in [6, 6.07) is 11.4. The molecular weight excluding hydrogens is 264 g/mol. The van der Waals surface area contributed by atoms with Crippen molar-refractivity contribution in [3.05, 3.63) is 47.3 Å². The van der Waals surface area contributed by atoms with Crippen LogP contribution in [0.4, 0.5) is 11.6 Å². The van der Waals surface area contributed by atoms with E-state index in [4.69, 9.17) is 11.1 Å². The van der Waals surface area contributed by atoms with Crippen LogP contribution < -0.4 is 16.6 Å². The molecule has 6 heteroatoms. The molecule has 21 heavy (non-hydrogen) atoms. The molecule has 0 aliphatic heterocycles. The van der Waals surface area contributed by atoms with Crippen LogP contribution in [0.25, 0.3) is 0 Å². The van der Waals surface area contributed by atoms with Crippen LogP contribution in [0.5, 0.6) is 0 Å². The standard InChI is InChI=1S/C15H16N6/c16-8-10-2-1-3-11(6-10)9-18-13-7-14(21-17)20-15(19-13)12-4-5-12/h1-3,6-7,12H,4-5,9,17H2,(H2,18,19,20,21). The molecule has 1 aliphatic rings. The number of anilines is 2. The lowest BCUT2D eigenvalue weighted by Crippen LogP contribution is -2.12. The van der Waals surface area contributed by atoms with Gasteiger partial charge in [0.2, 0.25) is 0 Å². The average molecular weight is 280 g/mol. The van der Waals surface area contributed by atoms with Gasteiger partial charge in [-0.05, 0) is 30.5 Å². The van der Waals surface area contributed by atoms with Crippen molar-refractivity contribution in [3.63, 3.8) is 0 Å². The van der Waals surface area contributed by atoms with E-state index in [-0.39, 0.29) is 0 Å². The summed E-state index contributed by atoms with van der Waals surface area (Å²) in [5, 5.41) is 12.2. The smallest absolute Gasteiger partial charge is 0.145 e. The van der Waals surface area contributed by atoms with Gasteiger partial charge >= 0.3 is 0 Å². The fourth-order valence-electron chi connectivity index (χ4n) is 2.10. The van der Waals surface area contributed by atoms with Crippen LogP contribution in [0.1, 0.15) is 35.7 Å². The zero-order valence-electron chi connectivity index (χ0n) is 11.5. The maximum absolute atomic E-state index is 8.91. The Labute approximate surface area is 123 Å². The van der Waals surface area contributed by atoms with Gasteiger partial charge in [0, 0.05) is 18.5 Å². The number of hydrazine groups is 1. The van der Waals surface area contributed by atoms with Crippen LogP contribution in [0.15, 0.2) is 30.3 Å². The molecule has 3 rings (SSSR count). The molecule has 1 heterocycles. The molecule has 1 aliphatic carbocycles. The minimum atomic E-state index is 0.459. The lowest BCUT2D eigenvalue weighted by atomic mass is 10.1. The number of nitrogen functional groups attached to an aromatic ring is 1. The predicted octanol–water partition coefficient (Wildman–Crippen LogP) is 2.12. The van der Waals surface area contributed by atoms with Gasteiger partial charge in [-0.2, -0.15) is 5.26 Å². The van der Waals surface area contributed by atoms with E-state index in [0.717, 1.165) is 30.0 Å². The number of aromatic nitrogens is 2. The summed E-state index contributed by atoms with van der Waals surface area (Å²) in [6.07, 6.45) is 2.27. The van der Waals surface area contributed by atoms with Gasteiger partial charge < -0.3 is 10.7 Å². The third-order valence-corrected chi connectivity index (χ3v) is 3.36. The monoisotopic (exact) mass is 280 g/mol. The highest BCUT2D eigenvalue weighted by molar-refractivity contribution is 5.48. The molecule has 2 aromatic rings. The Morgan fingerprint density at radius 3 is 2.76 bits per heavy atom. The summed E-state index contributed by atoms with van der Waals surface area (Å²) in [7, 11) is 0. The summed E-state index contributed by atoms with van der Waals surface area (Å²) in [6.45, 7) is 0.598. The fraction of sp³-hybridized carbons (Fsp3) is 0.267. The number of nitrogens with two attached hydrogens (primary N) is 1. The molecule has 6 nitrogen and oxygen atoms in total. The van der Waals surface area contributed by atoms with Crippen molar-refractivity contribution in [2.75, 3.05) is 10.7 Å². The first kappa shape index (κ1) is 13.3. The molecule has 0 radical (unpaired) electrons. The van der Waals surface area contributed by atoms with Crippen LogP contribution in [-0.2, 0) is 6.54 Å². The van der Waals surface area contributed by atoms with Crippen molar-refractivity contribution in [3.8, 4) is 6.07 Å². The molecule has 0 bridgehead atoms. The van der Waals surface area contributed by atoms with Crippen LogP contribution in [0, 0.1) is 11.3 Å². The predicted molar refractivity (Wildman–Crippen MR) is 80.3 cm³/mol. The Hall–Kier alpha value is -2.65. The Morgan fingerprint density at radius 2 is 2.05 bits per heavy atom. The number of hydrogen-bond donors (Lipinski definition) is 3. The van der Waals surface area contributed by atoms with E-state index in [9.17, 15) is 0 Å². The fourth-order valence-corrected chi connectivity index (χ4v) is 2.10. The number of nitrogens with zero attached hydrogens (tertiary/aromatic N) is 3. The Kier molecular flexibility index (Phi) is 3.67. The number of rotatable bonds is 5. The second kappa shape index (κ2) is 5.77. The van der Waals surface area contributed by atoms with Gasteiger partial charge in [-0.15, -0.1) is 0 Å². The second-order valence-electron chi connectivity index (χ2n) is 5.08. The molecule has 1 aromatic heterocycles. The molecule has 106 valence electrons. The van der Waals surface area contributed by atoms with Gasteiger partial charge in [-0.25, -0.2) is 15.8 Å². The van der Waals surface area contributed by atoms with Crippen molar-refractivity contribution in [2.24, 2.45) is 5.84 Å². The molecule has 0 saturated heterocycles. The first-order chi connectivity index (χ1) is 10.3. The molecule has 1 aromatic carbocycles. The molecule has 0 amide bonds. The summed E-state index contributed by atoms with van der Waals surface area (Å²) in [5.74, 6) is 8.09. The van der Waals surface area contributed by atoms with Crippen LogP contribution in [-0.4, -0.2) is 9.97 Å². The molecular formula is C15H16N6. The maximum atomic E-state index is 8.91. The molecule has 0 atom stereocenters. The highest BCUT2D eigenvalue weighted by Crippen LogP contribution is 2.38. The third kappa shape index (κ3) is 3.27. The van der Waals surface area contributed by atoms with Gasteiger partial charge in [-0.3, -0.25) is 0 Å². The Balaban J connectivity index is 1.75. The van der Waals surface area contributed by atoms with Gasteiger partial charge in [0.15, 0.2) is 0 Å². The van der Waals surface area contributed by atoms with Crippen LogP contribution in [0.3, 0.4) is 0 Å². The number of hydrogen-bond acceptors (Lipinski definition) is 6. The minimum Gasteiger partial charge on any atom is -0.366 e. The zero-order valence-corrected chi connectivity index (χ0v) is 11.5. The Bertz CT molecular complexity index is 687. The highest BCUT2D eigenvalue weighted by Gasteiger charge is 2.27. The van der Waals surface area contributed by atoms with Crippen molar-refractivity contribution < 1.29 is 0 Å². The van der Waals surface area contributed by atoms with Gasteiger partial charge in [0.05, 0.1) is 11.6 Å². The van der Waals surface area contributed by atoms with E-state index in [2.05, 4.69) is 26.8 Å². The summed E-state index contributed by atoms with van der Waals surface area (Å²) in [4.78, 5) is 8.88. The molecule has 0 unspecified atom stereocenters. The Morgan fingerprint density at radius 1 is 1.24 bits per heavy atom. The van der Waals surface area contributed by atoms with E-state index in [1.807, 2.05) is 18.2 Å². The summed E-state index contributed by atoms with van der Waals surface area (Å²) >= 11 is 0. The average Bonchev–Trinajstić information content (AvgIpc) is 3.37. The molecule has 4 N–H and O–H groups in total. The lowest BCUT2D eigenvalue weighted by Gasteiger charge is -2.09. The van der Waals surface area contributed by atoms with Gasteiger partial charge in [0.1, 0.15) is 17.5 Å². The second-order valence-corrected chi connectivity index (χ2v) is 5.08. The van der Waals surface area contributed by atoms with Crippen molar-refractivity contribution in [1.82, 2.24) is 9.97 Å².